The largest absolute Gasteiger partial charge is 0.378 e. The van der Waals surface area contributed by atoms with Crippen molar-refractivity contribution >= 4 is 22.3 Å². The van der Waals surface area contributed by atoms with Crippen LogP contribution < -0.4 is 16.2 Å². The highest BCUT2D eigenvalue weighted by Crippen LogP contribution is 2.30. The lowest BCUT2D eigenvalue weighted by Gasteiger charge is -2.17. The third-order valence-corrected chi connectivity index (χ3v) is 3.29. The number of hydrogen-bond acceptors (Lipinski definition) is 4. The van der Waals surface area contributed by atoms with Crippen LogP contribution in [0.4, 0.5) is 11.4 Å². The Morgan fingerprint density at radius 1 is 1.33 bits per heavy atom. The number of nitrogens with one attached hydrogen (secondary N) is 1. The zero-order valence-corrected chi connectivity index (χ0v) is 11.4. The Bertz CT molecular complexity index is 576. The van der Waals surface area contributed by atoms with Crippen LogP contribution in [-0.4, -0.2) is 19.1 Å². The summed E-state index contributed by atoms with van der Waals surface area (Å²) in [5.41, 5.74) is 8.17. The Morgan fingerprint density at radius 2 is 2.06 bits per heavy atom. The van der Waals surface area contributed by atoms with Gasteiger partial charge in [-0.25, -0.2) is 0 Å². The van der Waals surface area contributed by atoms with E-state index in [9.17, 15) is 0 Å². The summed E-state index contributed by atoms with van der Waals surface area (Å²) < 4.78 is 0. The molecule has 1 aromatic carbocycles. The van der Waals surface area contributed by atoms with Gasteiger partial charge in [0, 0.05) is 30.9 Å². The summed E-state index contributed by atoms with van der Waals surface area (Å²) >= 11 is 0. The topological polar surface area (TPSA) is 54.2 Å². The number of rotatable bonds is 3. The van der Waals surface area contributed by atoms with Gasteiger partial charge in [-0.05, 0) is 37.1 Å². The van der Waals surface area contributed by atoms with Crippen molar-refractivity contribution in [2.45, 2.75) is 20.3 Å². The van der Waals surface area contributed by atoms with Crippen LogP contribution in [0.15, 0.2) is 18.2 Å². The summed E-state index contributed by atoms with van der Waals surface area (Å²) in [7, 11) is 4.05. The summed E-state index contributed by atoms with van der Waals surface area (Å²) in [5.74, 6) is 5.70. The van der Waals surface area contributed by atoms with Gasteiger partial charge in [0.1, 0.15) is 0 Å². The maximum Gasteiger partial charge on any atom is 0.0728 e. The monoisotopic (exact) mass is 244 g/mol. The molecule has 0 spiro atoms. The van der Waals surface area contributed by atoms with Gasteiger partial charge in [0.2, 0.25) is 0 Å². The maximum atomic E-state index is 5.70. The lowest BCUT2D eigenvalue weighted by Crippen LogP contribution is -2.12. The molecule has 0 atom stereocenters. The molecule has 0 aliphatic rings. The SMILES string of the molecule is CCc1c(C)nc2ccc(N(C)C)cc2c1NN. The molecule has 0 unspecified atom stereocenters. The molecule has 2 aromatic rings. The molecule has 0 aliphatic heterocycles. The summed E-state index contributed by atoms with van der Waals surface area (Å²) in [6.45, 7) is 4.14. The van der Waals surface area contributed by atoms with Crippen molar-refractivity contribution in [3.8, 4) is 0 Å². The second-order valence-electron chi connectivity index (χ2n) is 4.64. The van der Waals surface area contributed by atoms with Crippen LogP contribution in [0.5, 0.6) is 0 Å². The first-order chi connectivity index (χ1) is 8.58. The summed E-state index contributed by atoms with van der Waals surface area (Å²) in [6.07, 6.45) is 0.917. The molecule has 96 valence electrons. The highest BCUT2D eigenvalue weighted by molar-refractivity contribution is 5.95. The number of nitrogens with two attached hydrogens (primary N) is 1. The van der Waals surface area contributed by atoms with E-state index in [4.69, 9.17) is 5.84 Å². The number of benzene rings is 1. The van der Waals surface area contributed by atoms with E-state index < -0.39 is 0 Å². The lowest BCUT2D eigenvalue weighted by atomic mass is 10.0. The van der Waals surface area contributed by atoms with Gasteiger partial charge in [-0.1, -0.05) is 6.92 Å². The predicted molar refractivity (Wildman–Crippen MR) is 78.0 cm³/mol. The van der Waals surface area contributed by atoms with Crippen molar-refractivity contribution in [2.75, 3.05) is 24.4 Å². The summed E-state index contributed by atoms with van der Waals surface area (Å²) in [5, 5.41) is 1.08. The molecule has 2 rings (SSSR count). The van der Waals surface area contributed by atoms with Crippen LogP contribution in [0.3, 0.4) is 0 Å². The number of nitrogen functional groups attached to an aromatic ring is 1. The van der Waals surface area contributed by atoms with E-state index >= 15 is 0 Å². The number of aromatic nitrogens is 1. The van der Waals surface area contributed by atoms with Gasteiger partial charge in [-0.15, -0.1) is 0 Å². The molecule has 4 heteroatoms. The minimum Gasteiger partial charge on any atom is -0.378 e. The Kier molecular flexibility index (Phi) is 3.39. The van der Waals surface area contributed by atoms with E-state index in [-0.39, 0.29) is 0 Å². The highest BCUT2D eigenvalue weighted by atomic mass is 15.2. The van der Waals surface area contributed by atoms with Crippen molar-refractivity contribution in [1.82, 2.24) is 4.98 Å². The summed E-state index contributed by atoms with van der Waals surface area (Å²) in [4.78, 5) is 6.72. The normalized spacial score (nSPS) is 10.7. The fraction of sp³-hybridized carbons (Fsp3) is 0.357. The van der Waals surface area contributed by atoms with Crippen molar-refractivity contribution in [3.63, 3.8) is 0 Å². The second-order valence-corrected chi connectivity index (χ2v) is 4.64. The molecule has 0 aliphatic carbocycles. The molecule has 0 radical (unpaired) electrons. The van der Waals surface area contributed by atoms with Crippen molar-refractivity contribution < 1.29 is 0 Å². The average Bonchev–Trinajstić information content (AvgIpc) is 2.36. The Balaban J connectivity index is 2.78. The fourth-order valence-electron chi connectivity index (χ4n) is 2.29. The molecule has 0 amide bonds. The van der Waals surface area contributed by atoms with Crippen LogP contribution in [0, 0.1) is 6.92 Å². The van der Waals surface area contributed by atoms with E-state index in [0.717, 1.165) is 34.4 Å². The minimum absolute atomic E-state index is 0.917. The van der Waals surface area contributed by atoms with Gasteiger partial charge in [0.25, 0.3) is 0 Å². The van der Waals surface area contributed by atoms with Gasteiger partial charge in [-0.2, -0.15) is 0 Å². The van der Waals surface area contributed by atoms with Crippen LogP contribution in [0.2, 0.25) is 0 Å². The third-order valence-electron chi connectivity index (χ3n) is 3.29. The second kappa shape index (κ2) is 4.82. The quantitative estimate of drug-likeness (QED) is 0.643. The Morgan fingerprint density at radius 3 is 2.61 bits per heavy atom. The van der Waals surface area contributed by atoms with Gasteiger partial charge >= 0.3 is 0 Å². The highest BCUT2D eigenvalue weighted by Gasteiger charge is 2.11. The first-order valence-corrected chi connectivity index (χ1v) is 6.15. The van der Waals surface area contributed by atoms with Gasteiger partial charge < -0.3 is 10.3 Å². The maximum absolute atomic E-state index is 5.70. The van der Waals surface area contributed by atoms with Crippen LogP contribution in [0.25, 0.3) is 10.9 Å². The lowest BCUT2D eigenvalue weighted by molar-refractivity contribution is 1.06. The van der Waals surface area contributed by atoms with Crippen molar-refractivity contribution in [1.29, 1.82) is 0 Å². The molecule has 1 heterocycles. The number of nitrogens with zero attached hydrogens (tertiary/aromatic N) is 2. The van der Waals surface area contributed by atoms with Crippen LogP contribution in [-0.2, 0) is 6.42 Å². The van der Waals surface area contributed by atoms with Crippen LogP contribution >= 0.6 is 0 Å². The zero-order valence-electron chi connectivity index (χ0n) is 11.4. The number of hydrazine groups is 1. The van der Waals surface area contributed by atoms with E-state index in [1.54, 1.807) is 0 Å². The molecule has 4 nitrogen and oxygen atoms in total. The molecular formula is C14H20N4. The molecule has 0 fully saturated rings. The van der Waals surface area contributed by atoms with Crippen molar-refractivity contribution in [3.05, 3.63) is 29.5 Å². The first-order valence-electron chi connectivity index (χ1n) is 6.15. The third kappa shape index (κ3) is 1.99. The predicted octanol–water partition coefficient (Wildman–Crippen LogP) is 2.46. The molecule has 0 bridgehead atoms. The zero-order chi connectivity index (χ0) is 13.3. The van der Waals surface area contributed by atoms with Gasteiger partial charge in [0.05, 0.1) is 11.2 Å². The molecule has 1 aromatic heterocycles. The van der Waals surface area contributed by atoms with Gasteiger partial charge in [-0.3, -0.25) is 10.8 Å². The summed E-state index contributed by atoms with van der Waals surface area (Å²) in [6, 6.07) is 6.23. The standard InChI is InChI=1S/C14H20N4/c1-5-11-9(2)16-13-7-6-10(18(3)4)8-12(13)14(11)17-15/h6-8H,5,15H2,1-4H3,(H,16,17). The molecule has 0 saturated heterocycles. The van der Waals surface area contributed by atoms with Crippen LogP contribution in [0.1, 0.15) is 18.2 Å². The Labute approximate surface area is 108 Å². The number of hydrogen-bond donors (Lipinski definition) is 2. The van der Waals surface area contributed by atoms with Crippen molar-refractivity contribution in [2.24, 2.45) is 5.84 Å². The molecule has 0 saturated carbocycles. The first kappa shape index (κ1) is 12.6. The number of fused-ring (bicyclic) bond motifs is 1. The number of aryl methyl sites for hydroxylation is 1. The van der Waals surface area contributed by atoms with Gasteiger partial charge in [0.15, 0.2) is 0 Å². The van der Waals surface area contributed by atoms with E-state index in [1.807, 2.05) is 27.1 Å². The smallest absolute Gasteiger partial charge is 0.0728 e. The minimum atomic E-state index is 0.917. The fourth-order valence-corrected chi connectivity index (χ4v) is 2.29. The number of anilines is 2. The molecule has 18 heavy (non-hydrogen) atoms. The van der Waals surface area contributed by atoms with E-state index in [2.05, 4.69) is 34.4 Å². The average molecular weight is 244 g/mol. The number of pyridine rings is 1. The molecule has 3 N–H and O–H groups in total. The van der Waals surface area contributed by atoms with E-state index in [0.29, 0.717) is 0 Å². The molecular weight excluding hydrogens is 224 g/mol. The Hall–Kier alpha value is -1.81. The van der Waals surface area contributed by atoms with E-state index in [1.165, 1.54) is 5.56 Å².